The van der Waals surface area contributed by atoms with Crippen molar-refractivity contribution in [3.63, 3.8) is 0 Å². The highest BCUT2D eigenvalue weighted by Crippen LogP contribution is 2.30. The molecule has 0 spiro atoms. The average Bonchev–Trinajstić information content (AvgIpc) is 3.02. The van der Waals surface area contributed by atoms with E-state index in [-0.39, 0.29) is 0 Å². The summed E-state index contributed by atoms with van der Waals surface area (Å²) in [6.07, 6.45) is 7.69. The molecule has 0 bridgehead atoms. The molecule has 3 nitrogen and oxygen atoms in total. The fourth-order valence-corrected chi connectivity index (χ4v) is 1.90. The van der Waals surface area contributed by atoms with Crippen molar-refractivity contribution in [2.45, 2.75) is 26.2 Å². The first-order valence-corrected chi connectivity index (χ1v) is 6.60. The Bertz CT molecular complexity index is 308. The van der Waals surface area contributed by atoms with Crippen molar-refractivity contribution in [3.8, 4) is 0 Å². The quantitative estimate of drug-likeness (QED) is 0.782. The predicted octanol–water partition coefficient (Wildman–Crippen LogP) is 2.71. The molecule has 4 heteroatoms. The van der Waals surface area contributed by atoms with Gasteiger partial charge in [-0.2, -0.15) is 0 Å². The third-order valence-electron chi connectivity index (χ3n) is 2.56. The monoisotopic (exact) mass is 317 g/mol. The van der Waals surface area contributed by atoms with Crippen LogP contribution in [0.5, 0.6) is 0 Å². The maximum Gasteiger partial charge on any atom is 0.225 e. The molecule has 0 unspecified atom stereocenters. The molecule has 15 heavy (non-hydrogen) atoms. The highest BCUT2D eigenvalue weighted by molar-refractivity contribution is 14.1. The number of rotatable bonds is 5. The second kappa shape index (κ2) is 5.09. The van der Waals surface area contributed by atoms with Gasteiger partial charge in [0.25, 0.3) is 0 Å². The molecule has 0 aromatic carbocycles. The molecule has 1 aromatic heterocycles. The Kier molecular flexibility index (Phi) is 3.77. The molecule has 1 aromatic rings. The molecule has 0 saturated heterocycles. The van der Waals surface area contributed by atoms with Crippen molar-refractivity contribution >= 4 is 28.5 Å². The van der Waals surface area contributed by atoms with Crippen molar-refractivity contribution in [1.82, 2.24) is 9.97 Å². The van der Waals surface area contributed by atoms with Crippen LogP contribution in [0.4, 0.5) is 5.95 Å². The van der Waals surface area contributed by atoms with Gasteiger partial charge in [-0.25, -0.2) is 9.97 Å². The van der Waals surface area contributed by atoms with Crippen LogP contribution in [0.25, 0.3) is 0 Å². The van der Waals surface area contributed by atoms with Gasteiger partial charge in [-0.15, -0.1) is 0 Å². The molecule has 1 saturated carbocycles. The fourth-order valence-electron chi connectivity index (χ4n) is 1.62. The number of hydrogen-bond donors (Lipinski definition) is 0. The molecule has 1 heterocycles. The Balaban J connectivity index is 2.04. The van der Waals surface area contributed by atoms with Crippen LogP contribution in [0, 0.1) is 9.49 Å². The zero-order valence-corrected chi connectivity index (χ0v) is 11.1. The highest BCUT2D eigenvalue weighted by Gasteiger charge is 2.24. The van der Waals surface area contributed by atoms with E-state index >= 15 is 0 Å². The number of halogens is 1. The van der Waals surface area contributed by atoms with Crippen LogP contribution in [0.3, 0.4) is 0 Å². The fraction of sp³-hybridized carbons (Fsp3) is 0.636. The molecule has 1 aliphatic carbocycles. The van der Waals surface area contributed by atoms with E-state index in [2.05, 4.69) is 44.4 Å². The highest BCUT2D eigenvalue weighted by atomic mass is 127. The van der Waals surface area contributed by atoms with Crippen LogP contribution >= 0.6 is 22.6 Å². The van der Waals surface area contributed by atoms with Crippen LogP contribution < -0.4 is 4.90 Å². The van der Waals surface area contributed by atoms with Gasteiger partial charge in [0, 0.05) is 29.1 Å². The minimum atomic E-state index is 0.888. The number of nitrogens with zero attached hydrogens (tertiary/aromatic N) is 3. The minimum absolute atomic E-state index is 0.888. The molecule has 0 aliphatic heterocycles. The van der Waals surface area contributed by atoms with Gasteiger partial charge < -0.3 is 4.90 Å². The van der Waals surface area contributed by atoms with E-state index in [1.54, 1.807) is 0 Å². The third kappa shape index (κ3) is 3.29. The maximum absolute atomic E-state index is 4.39. The standard InChI is InChI=1S/C11H16IN3/c1-2-5-15(8-9-3-4-9)11-13-6-10(12)7-14-11/h6-7,9H,2-5,8H2,1H3. The molecule has 0 amide bonds. The molecular weight excluding hydrogens is 301 g/mol. The lowest BCUT2D eigenvalue weighted by atomic mass is 10.3. The number of hydrogen-bond acceptors (Lipinski definition) is 3. The van der Waals surface area contributed by atoms with Crippen LogP contribution in [0.2, 0.25) is 0 Å². The summed E-state index contributed by atoms with van der Waals surface area (Å²) in [5.41, 5.74) is 0. The predicted molar refractivity (Wildman–Crippen MR) is 70.0 cm³/mol. The van der Waals surface area contributed by atoms with E-state index in [1.807, 2.05) is 12.4 Å². The maximum atomic E-state index is 4.39. The average molecular weight is 317 g/mol. The second-order valence-corrected chi connectivity index (χ2v) is 5.34. The number of anilines is 1. The first kappa shape index (κ1) is 11.1. The summed E-state index contributed by atoms with van der Waals surface area (Å²) in [5.74, 6) is 1.78. The van der Waals surface area contributed by atoms with Crippen molar-refractivity contribution in [3.05, 3.63) is 16.0 Å². The van der Waals surface area contributed by atoms with Crippen LogP contribution in [-0.4, -0.2) is 23.1 Å². The van der Waals surface area contributed by atoms with Crippen molar-refractivity contribution in [2.24, 2.45) is 5.92 Å². The van der Waals surface area contributed by atoms with Gasteiger partial charge in [0.2, 0.25) is 5.95 Å². The zero-order valence-electron chi connectivity index (χ0n) is 8.99. The summed E-state index contributed by atoms with van der Waals surface area (Å²) in [6.45, 7) is 4.40. The first-order chi connectivity index (χ1) is 7.29. The lowest BCUT2D eigenvalue weighted by molar-refractivity contribution is 0.688. The van der Waals surface area contributed by atoms with Crippen LogP contribution in [-0.2, 0) is 0 Å². The summed E-state index contributed by atoms with van der Waals surface area (Å²) >= 11 is 2.24. The van der Waals surface area contributed by atoms with Gasteiger partial charge >= 0.3 is 0 Å². The molecule has 2 rings (SSSR count). The van der Waals surface area contributed by atoms with Crippen molar-refractivity contribution in [1.29, 1.82) is 0 Å². The number of aromatic nitrogens is 2. The Morgan fingerprint density at radius 3 is 2.60 bits per heavy atom. The van der Waals surface area contributed by atoms with Gasteiger partial charge in [0.1, 0.15) is 0 Å². The Hall–Kier alpha value is -0.390. The van der Waals surface area contributed by atoms with Crippen molar-refractivity contribution < 1.29 is 0 Å². The molecule has 1 aliphatic rings. The van der Waals surface area contributed by atoms with Gasteiger partial charge in [-0.05, 0) is 47.8 Å². The summed E-state index contributed by atoms with van der Waals surface area (Å²) in [5, 5.41) is 0. The zero-order chi connectivity index (χ0) is 10.7. The Morgan fingerprint density at radius 1 is 1.40 bits per heavy atom. The van der Waals surface area contributed by atoms with Gasteiger partial charge in [0.05, 0.1) is 0 Å². The SMILES string of the molecule is CCCN(CC1CC1)c1ncc(I)cn1. The van der Waals surface area contributed by atoms with Crippen LogP contribution in [0.1, 0.15) is 26.2 Å². The molecule has 0 N–H and O–H groups in total. The second-order valence-electron chi connectivity index (χ2n) is 4.09. The van der Waals surface area contributed by atoms with E-state index in [1.165, 1.54) is 12.8 Å². The lowest BCUT2D eigenvalue weighted by Crippen LogP contribution is -2.28. The Labute approximate surface area is 104 Å². The van der Waals surface area contributed by atoms with E-state index in [0.29, 0.717) is 0 Å². The largest absolute Gasteiger partial charge is 0.341 e. The summed E-state index contributed by atoms with van der Waals surface area (Å²) in [6, 6.07) is 0. The molecule has 0 radical (unpaired) electrons. The topological polar surface area (TPSA) is 29.0 Å². The summed E-state index contributed by atoms with van der Waals surface area (Å²) in [7, 11) is 0. The van der Waals surface area contributed by atoms with E-state index in [0.717, 1.165) is 34.9 Å². The van der Waals surface area contributed by atoms with E-state index in [9.17, 15) is 0 Å². The molecule has 1 fully saturated rings. The summed E-state index contributed by atoms with van der Waals surface area (Å²) < 4.78 is 1.10. The van der Waals surface area contributed by atoms with Gasteiger partial charge in [-0.3, -0.25) is 0 Å². The molecule has 0 atom stereocenters. The van der Waals surface area contributed by atoms with Crippen molar-refractivity contribution in [2.75, 3.05) is 18.0 Å². The smallest absolute Gasteiger partial charge is 0.225 e. The van der Waals surface area contributed by atoms with Gasteiger partial charge in [-0.1, -0.05) is 6.92 Å². The molecule has 82 valence electrons. The van der Waals surface area contributed by atoms with E-state index in [4.69, 9.17) is 0 Å². The summed E-state index contributed by atoms with van der Waals surface area (Å²) in [4.78, 5) is 11.1. The molecular formula is C11H16IN3. The van der Waals surface area contributed by atoms with E-state index < -0.39 is 0 Å². The first-order valence-electron chi connectivity index (χ1n) is 5.52. The third-order valence-corrected chi connectivity index (χ3v) is 3.12. The van der Waals surface area contributed by atoms with Gasteiger partial charge in [0.15, 0.2) is 0 Å². The lowest BCUT2D eigenvalue weighted by Gasteiger charge is -2.21. The van der Waals surface area contributed by atoms with Crippen LogP contribution in [0.15, 0.2) is 12.4 Å². The minimum Gasteiger partial charge on any atom is -0.341 e. The normalized spacial score (nSPS) is 15.3. The Morgan fingerprint density at radius 2 is 2.07 bits per heavy atom.